The smallest absolute Gasteiger partial charge is 0.168 e. The van der Waals surface area contributed by atoms with Crippen LogP contribution in [0.3, 0.4) is 0 Å². The number of rotatable bonds is 4. The Hall–Kier alpha value is -3.14. The number of nitrogens with zero attached hydrogens (tertiary/aromatic N) is 2. The highest BCUT2D eigenvalue weighted by Crippen LogP contribution is 2.36. The molecule has 2 aromatic rings. The van der Waals surface area contributed by atoms with Crippen molar-refractivity contribution in [3.63, 3.8) is 0 Å². The van der Waals surface area contributed by atoms with E-state index >= 15 is 0 Å². The number of hydrogen-bond donors (Lipinski definition) is 1. The SMILES string of the molecule is CC1=CC(=O)C2C(=NC(N3CCC(Cc4ccccc4)CC3)=C[C@@H]2c2ccccc2)N1. The molecule has 4 heteroatoms. The van der Waals surface area contributed by atoms with Crippen molar-refractivity contribution in [2.24, 2.45) is 16.8 Å². The molecule has 5 rings (SSSR count). The Morgan fingerprint density at radius 2 is 1.68 bits per heavy atom. The normalized spacial score (nSPS) is 24.0. The van der Waals surface area contributed by atoms with Crippen molar-refractivity contribution < 1.29 is 4.79 Å². The number of benzene rings is 2. The van der Waals surface area contributed by atoms with E-state index in [0.717, 1.165) is 36.9 Å². The van der Waals surface area contributed by atoms with Crippen LogP contribution in [0.2, 0.25) is 0 Å². The topological polar surface area (TPSA) is 44.7 Å². The van der Waals surface area contributed by atoms with Gasteiger partial charge < -0.3 is 10.2 Å². The van der Waals surface area contributed by atoms with Gasteiger partial charge in [0.25, 0.3) is 0 Å². The zero-order chi connectivity index (χ0) is 21.2. The molecule has 3 aliphatic heterocycles. The molecule has 3 aliphatic rings. The molecule has 2 aromatic carbocycles. The van der Waals surface area contributed by atoms with Crippen LogP contribution in [0.4, 0.5) is 0 Å². The third kappa shape index (κ3) is 4.20. The monoisotopic (exact) mass is 411 g/mol. The van der Waals surface area contributed by atoms with Crippen LogP contribution in [-0.4, -0.2) is 29.6 Å². The first-order valence-electron chi connectivity index (χ1n) is 11.3. The summed E-state index contributed by atoms with van der Waals surface area (Å²) in [6.45, 7) is 3.95. The molecule has 0 spiro atoms. The maximum absolute atomic E-state index is 12.9. The molecule has 1 unspecified atom stereocenters. The van der Waals surface area contributed by atoms with Crippen LogP contribution in [0.15, 0.2) is 89.3 Å². The van der Waals surface area contributed by atoms with Crippen molar-refractivity contribution in [2.45, 2.75) is 32.1 Å². The Kier molecular flexibility index (Phi) is 5.46. The standard InChI is InChI=1S/C27H29N3O/c1-19-16-24(31)26-23(22-10-6-3-7-11-22)18-25(29-27(26)28-19)30-14-12-21(13-15-30)17-20-8-4-2-5-9-20/h2-11,16,18,21,23,26H,12-15,17H2,1H3,(H,28,29)/t23-,26?/m1/s1. The van der Waals surface area contributed by atoms with E-state index in [1.807, 2.05) is 25.1 Å². The molecule has 1 saturated heterocycles. The average Bonchev–Trinajstić information content (AvgIpc) is 2.80. The molecule has 158 valence electrons. The van der Waals surface area contributed by atoms with Gasteiger partial charge in [0.05, 0.1) is 5.92 Å². The maximum Gasteiger partial charge on any atom is 0.168 e. The van der Waals surface area contributed by atoms with Gasteiger partial charge in [-0.05, 0) is 49.3 Å². The Morgan fingerprint density at radius 1 is 1.00 bits per heavy atom. The third-order valence-corrected chi connectivity index (χ3v) is 6.70. The minimum atomic E-state index is -0.259. The summed E-state index contributed by atoms with van der Waals surface area (Å²) in [5.74, 6) is 2.41. The van der Waals surface area contributed by atoms with Crippen molar-refractivity contribution in [1.82, 2.24) is 10.2 Å². The number of ketones is 1. The van der Waals surface area contributed by atoms with Crippen molar-refractivity contribution in [3.8, 4) is 0 Å². The number of allylic oxidation sites excluding steroid dienone is 3. The molecule has 2 atom stereocenters. The van der Waals surface area contributed by atoms with E-state index in [-0.39, 0.29) is 17.6 Å². The lowest BCUT2D eigenvalue weighted by Gasteiger charge is -2.38. The fourth-order valence-electron chi connectivity index (χ4n) is 5.07. The number of carbonyl (C=O) groups excluding carboxylic acids is 1. The highest BCUT2D eigenvalue weighted by molar-refractivity contribution is 6.13. The van der Waals surface area contributed by atoms with Crippen molar-refractivity contribution >= 4 is 11.6 Å². The van der Waals surface area contributed by atoms with E-state index < -0.39 is 0 Å². The number of nitrogens with one attached hydrogen (secondary N) is 1. The fraction of sp³-hybridized carbons (Fsp3) is 0.333. The van der Waals surface area contributed by atoms with Gasteiger partial charge in [0.15, 0.2) is 5.78 Å². The molecule has 0 aliphatic carbocycles. The van der Waals surface area contributed by atoms with Crippen LogP contribution in [0.1, 0.15) is 36.8 Å². The first-order valence-corrected chi connectivity index (χ1v) is 11.3. The van der Waals surface area contributed by atoms with Gasteiger partial charge in [-0.3, -0.25) is 4.79 Å². The first-order chi connectivity index (χ1) is 15.2. The summed E-state index contributed by atoms with van der Waals surface area (Å²) in [4.78, 5) is 20.2. The van der Waals surface area contributed by atoms with Gasteiger partial charge in [-0.15, -0.1) is 0 Å². The summed E-state index contributed by atoms with van der Waals surface area (Å²) >= 11 is 0. The fourth-order valence-corrected chi connectivity index (χ4v) is 5.07. The first kappa shape index (κ1) is 19.8. The highest BCUT2D eigenvalue weighted by atomic mass is 16.1. The van der Waals surface area contributed by atoms with Gasteiger partial charge in [0.1, 0.15) is 11.7 Å². The van der Waals surface area contributed by atoms with Crippen LogP contribution in [-0.2, 0) is 11.2 Å². The zero-order valence-electron chi connectivity index (χ0n) is 18.0. The van der Waals surface area contributed by atoms with E-state index in [1.54, 1.807) is 6.08 Å². The predicted octanol–water partition coefficient (Wildman–Crippen LogP) is 4.67. The molecule has 4 nitrogen and oxygen atoms in total. The van der Waals surface area contributed by atoms with Gasteiger partial charge in [-0.2, -0.15) is 0 Å². The third-order valence-electron chi connectivity index (χ3n) is 6.70. The second-order valence-electron chi connectivity index (χ2n) is 8.91. The summed E-state index contributed by atoms with van der Waals surface area (Å²) in [7, 11) is 0. The van der Waals surface area contributed by atoms with Gasteiger partial charge in [-0.25, -0.2) is 4.99 Å². The van der Waals surface area contributed by atoms with Crippen molar-refractivity contribution in [2.75, 3.05) is 13.1 Å². The molecule has 1 fully saturated rings. The lowest BCUT2D eigenvalue weighted by Crippen LogP contribution is -2.45. The van der Waals surface area contributed by atoms with Crippen molar-refractivity contribution in [1.29, 1.82) is 0 Å². The minimum Gasteiger partial charge on any atom is -0.357 e. The van der Waals surface area contributed by atoms with E-state index in [0.29, 0.717) is 5.92 Å². The zero-order valence-corrected chi connectivity index (χ0v) is 18.0. The molecular formula is C27H29N3O. The van der Waals surface area contributed by atoms with Gasteiger partial charge in [0, 0.05) is 30.8 Å². The number of amidine groups is 1. The second kappa shape index (κ2) is 8.54. The molecule has 1 N–H and O–H groups in total. The summed E-state index contributed by atoms with van der Waals surface area (Å²) in [5, 5.41) is 3.38. The summed E-state index contributed by atoms with van der Waals surface area (Å²) in [6.07, 6.45) is 7.42. The van der Waals surface area contributed by atoms with Crippen LogP contribution in [0.5, 0.6) is 0 Å². The number of fused-ring (bicyclic) bond motifs is 1. The van der Waals surface area contributed by atoms with Gasteiger partial charge >= 0.3 is 0 Å². The number of likely N-dealkylation sites (tertiary alicyclic amines) is 1. The average molecular weight is 412 g/mol. The largest absolute Gasteiger partial charge is 0.357 e. The second-order valence-corrected chi connectivity index (χ2v) is 8.91. The maximum atomic E-state index is 12.9. The Bertz CT molecular complexity index is 1030. The van der Waals surface area contributed by atoms with E-state index in [4.69, 9.17) is 4.99 Å². The van der Waals surface area contributed by atoms with Crippen LogP contribution >= 0.6 is 0 Å². The molecule has 0 bridgehead atoms. The Labute approximate surface area is 184 Å². The summed E-state index contributed by atoms with van der Waals surface area (Å²) in [5.41, 5.74) is 3.46. The lowest BCUT2D eigenvalue weighted by atomic mass is 9.79. The quantitative estimate of drug-likeness (QED) is 0.795. The molecule has 0 saturated carbocycles. The van der Waals surface area contributed by atoms with Crippen molar-refractivity contribution in [3.05, 3.63) is 95.5 Å². The highest BCUT2D eigenvalue weighted by Gasteiger charge is 2.38. The Morgan fingerprint density at radius 3 is 2.39 bits per heavy atom. The predicted molar refractivity (Wildman–Crippen MR) is 125 cm³/mol. The molecule has 3 heterocycles. The van der Waals surface area contributed by atoms with E-state index in [1.165, 1.54) is 24.0 Å². The Balaban J connectivity index is 1.36. The molecule has 0 radical (unpaired) electrons. The number of carbonyl (C=O) groups is 1. The van der Waals surface area contributed by atoms with Crippen LogP contribution in [0.25, 0.3) is 0 Å². The molecule has 31 heavy (non-hydrogen) atoms. The summed E-state index contributed by atoms with van der Waals surface area (Å²) < 4.78 is 0. The van der Waals surface area contributed by atoms with Gasteiger partial charge in [0.2, 0.25) is 0 Å². The van der Waals surface area contributed by atoms with Gasteiger partial charge in [-0.1, -0.05) is 60.7 Å². The number of aliphatic imine (C=N–C) groups is 1. The number of hydrogen-bond acceptors (Lipinski definition) is 4. The molecular weight excluding hydrogens is 382 g/mol. The van der Waals surface area contributed by atoms with E-state index in [2.05, 4.69) is 58.8 Å². The summed E-state index contributed by atoms with van der Waals surface area (Å²) in [6, 6.07) is 21.1. The lowest BCUT2D eigenvalue weighted by molar-refractivity contribution is -0.117. The minimum absolute atomic E-state index is 0.00934. The number of piperidine rings is 1. The molecule has 0 aromatic heterocycles. The van der Waals surface area contributed by atoms with Crippen LogP contribution < -0.4 is 5.32 Å². The van der Waals surface area contributed by atoms with E-state index in [9.17, 15) is 4.79 Å². The molecule has 0 amide bonds. The van der Waals surface area contributed by atoms with Crippen LogP contribution in [0, 0.1) is 11.8 Å².